The molecule has 1 aromatic carbocycles. The summed E-state index contributed by atoms with van der Waals surface area (Å²) in [5.41, 5.74) is 7.15. The van der Waals surface area contributed by atoms with Crippen molar-refractivity contribution in [2.45, 2.75) is 32.5 Å². The summed E-state index contributed by atoms with van der Waals surface area (Å²) in [5, 5.41) is 13.7. The lowest BCUT2D eigenvalue weighted by molar-refractivity contribution is -0.155. The molecule has 0 amide bonds. The first kappa shape index (κ1) is 17.3. The van der Waals surface area contributed by atoms with Gasteiger partial charge in [-0.15, -0.1) is 0 Å². The fraction of sp³-hybridized carbons (Fsp3) is 0.500. The summed E-state index contributed by atoms with van der Waals surface area (Å²) >= 11 is 0. The Balaban J connectivity index is 2.70. The molecule has 0 aromatic heterocycles. The van der Waals surface area contributed by atoms with Gasteiger partial charge in [-0.25, -0.2) is 0 Å². The zero-order valence-electron chi connectivity index (χ0n) is 12.0. The van der Waals surface area contributed by atoms with E-state index in [4.69, 9.17) is 10.9 Å². The SMILES string of the molecule is CCc1ccc(C(C)NCC(/C(N)=N/O)C(F)(F)F)cc1. The van der Waals surface area contributed by atoms with Gasteiger partial charge in [0.2, 0.25) is 0 Å². The summed E-state index contributed by atoms with van der Waals surface area (Å²) in [6.45, 7) is 3.35. The molecule has 118 valence electrons. The van der Waals surface area contributed by atoms with Gasteiger partial charge in [-0.2, -0.15) is 13.2 Å². The van der Waals surface area contributed by atoms with Crippen LogP contribution >= 0.6 is 0 Å². The van der Waals surface area contributed by atoms with Crippen molar-refractivity contribution >= 4 is 5.84 Å². The normalized spacial score (nSPS) is 15.8. The monoisotopic (exact) mass is 303 g/mol. The zero-order chi connectivity index (χ0) is 16.0. The predicted molar refractivity (Wildman–Crippen MR) is 75.2 cm³/mol. The summed E-state index contributed by atoms with van der Waals surface area (Å²) in [4.78, 5) is 0. The molecule has 0 fully saturated rings. The van der Waals surface area contributed by atoms with Crippen molar-refractivity contribution in [2.24, 2.45) is 16.8 Å². The predicted octanol–water partition coefficient (Wildman–Crippen LogP) is 2.82. The molecule has 4 nitrogen and oxygen atoms in total. The Labute approximate surface area is 121 Å². The molecule has 2 unspecified atom stereocenters. The molecule has 2 atom stereocenters. The first-order valence-corrected chi connectivity index (χ1v) is 6.66. The summed E-state index contributed by atoms with van der Waals surface area (Å²) < 4.78 is 38.4. The quantitative estimate of drug-likeness (QED) is 0.327. The van der Waals surface area contributed by atoms with Crippen LogP contribution in [0.1, 0.15) is 31.0 Å². The van der Waals surface area contributed by atoms with E-state index in [1.54, 1.807) is 6.92 Å². The van der Waals surface area contributed by atoms with E-state index >= 15 is 0 Å². The Kier molecular flexibility index (Phi) is 6.02. The van der Waals surface area contributed by atoms with E-state index in [-0.39, 0.29) is 6.04 Å². The second-order valence-corrected chi connectivity index (χ2v) is 4.84. The summed E-state index contributed by atoms with van der Waals surface area (Å²) in [7, 11) is 0. The van der Waals surface area contributed by atoms with Gasteiger partial charge in [0.05, 0.1) is 0 Å². The summed E-state index contributed by atoms with van der Waals surface area (Å²) in [6, 6.07) is 7.37. The Bertz CT molecular complexity index is 471. The largest absolute Gasteiger partial charge is 0.409 e. The maximum Gasteiger partial charge on any atom is 0.400 e. The van der Waals surface area contributed by atoms with Crippen molar-refractivity contribution in [1.29, 1.82) is 0 Å². The van der Waals surface area contributed by atoms with Crippen molar-refractivity contribution in [3.8, 4) is 0 Å². The third kappa shape index (κ3) is 4.93. The Morgan fingerprint density at radius 2 is 1.90 bits per heavy atom. The minimum atomic E-state index is -4.56. The molecule has 0 saturated carbocycles. The van der Waals surface area contributed by atoms with E-state index < -0.39 is 24.5 Å². The average Bonchev–Trinajstić information content (AvgIpc) is 2.45. The van der Waals surface area contributed by atoms with Crippen LogP contribution in [0.2, 0.25) is 0 Å². The van der Waals surface area contributed by atoms with Gasteiger partial charge >= 0.3 is 6.18 Å². The topological polar surface area (TPSA) is 70.6 Å². The van der Waals surface area contributed by atoms with E-state index in [1.165, 1.54) is 0 Å². The van der Waals surface area contributed by atoms with Gasteiger partial charge in [0, 0.05) is 12.6 Å². The molecule has 0 saturated heterocycles. The summed E-state index contributed by atoms with van der Waals surface area (Å²) in [5.74, 6) is -2.86. The number of nitrogens with two attached hydrogens (primary N) is 1. The average molecular weight is 303 g/mol. The number of halogens is 3. The van der Waals surface area contributed by atoms with Crippen molar-refractivity contribution in [1.82, 2.24) is 5.32 Å². The van der Waals surface area contributed by atoms with Crippen LogP contribution in [0.25, 0.3) is 0 Å². The minimum Gasteiger partial charge on any atom is -0.409 e. The van der Waals surface area contributed by atoms with Crippen LogP contribution in [0.5, 0.6) is 0 Å². The molecule has 1 aromatic rings. The fourth-order valence-electron chi connectivity index (χ4n) is 1.91. The van der Waals surface area contributed by atoms with Crippen LogP contribution in [-0.4, -0.2) is 23.8 Å². The van der Waals surface area contributed by atoms with Crippen molar-refractivity contribution in [3.63, 3.8) is 0 Å². The third-order valence-corrected chi connectivity index (χ3v) is 3.38. The van der Waals surface area contributed by atoms with Gasteiger partial charge in [0.15, 0.2) is 5.84 Å². The van der Waals surface area contributed by atoms with Gasteiger partial charge in [-0.1, -0.05) is 36.3 Å². The van der Waals surface area contributed by atoms with Gasteiger partial charge in [-0.05, 0) is 24.5 Å². The van der Waals surface area contributed by atoms with Crippen LogP contribution in [0.3, 0.4) is 0 Å². The second kappa shape index (κ2) is 7.31. The fourth-order valence-corrected chi connectivity index (χ4v) is 1.91. The molecule has 0 spiro atoms. The highest BCUT2D eigenvalue weighted by atomic mass is 19.4. The maximum absolute atomic E-state index is 12.8. The number of aryl methyl sites for hydroxylation is 1. The number of alkyl halides is 3. The molecule has 0 aliphatic rings. The zero-order valence-corrected chi connectivity index (χ0v) is 12.0. The molecular weight excluding hydrogens is 283 g/mol. The van der Waals surface area contributed by atoms with E-state index in [9.17, 15) is 13.2 Å². The van der Waals surface area contributed by atoms with Crippen molar-refractivity contribution < 1.29 is 18.4 Å². The molecular formula is C14H20F3N3O. The molecule has 0 heterocycles. The highest BCUT2D eigenvalue weighted by Crippen LogP contribution is 2.26. The number of oxime groups is 1. The molecule has 1 rings (SSSR count). The van der Waals surface area contributed by atoms with E-state index in [0.29, 0.717) is 0 Å². The lowest BCUT2D eigenvalue weighted by Crippen LogP contribution is -2.43. The van der Waals surface area contributed by atoms with E-state index in [2.05, 4.69) is 10.5 Å². The number of nitrogens with one attached hydrogen (secondary N) is 1. The van der Waals surface area contributed by atoms with Crippen molar-refractivity contribution in [3.05, 3.63) is 35.4 Å². The number of hydrogen-bond acceptors (Lipinski definition) is 3. The van der Waals surface area contributed by atoms with Gasteiger partial charge < -0.3 is 16.3 Å². The molecule has 4 N–H and O–H groups in total. The maximum atomic E-state index is 12.8. The summed E-state index contributed by atoms with van der Waals surface area (Å²) in [6.07, 6.45) is -3.66. The van der Waals surface area contributed by atoms with Crippen LogP contribution in [0, 0.1) is 5.92 Å². The Hall–Kier alpha value is -1.76. The highest BCUT2D eigenvalue weighted by Gasteiger charge is 2.42. The first-order chi connectivity index (χ1) is 9.79. The third-order valence-electron chi connectivity index (χ3n) is 3.38. The molecule has 0 aliphatic heterocycles. The van der Waals surface area contributed by atoms with Gasteiger partial charge in [0.1, 0.15) is 5.92 Å². The second-order valence-electron chi connectivity index (χ2n) is 4.84. The highest BCUT2D eigenvalue weighted by molar-refractivity contribution is 5.83. The Morgan fingerprint density at radius 3 is 2.33 bits per heavy atom. The standard InChI is InChI=1S/C14H20F3N3O/c1-3-10-4-6-11(7-5-10)9(2)19-8-12(13(18)20-21)14(15,16)17/h4-7,9,12,19,21H,3,8H2,1-2H3,(H2,18,20). The smallest absolute Gasteiger partial charge is 0.400 e. The minimum absolute atomic E-state index is 0.271. The number of amidine groups is 1. The molecule has 0 radical (unpaired) electrons. The van der Waals surface area contributed by atoms with E-state index in [1.807, 2.05) is 31.2 Å². The number of hydrogen-bond donors (Lipinski definition) is 3. The van der Waals surface area contributed by atoms with Gasteiger partial charge in [-0.3, -0.25) is 0 Å². The Morgan fingerprint density at radius 1 is 1.33 bits per heavy atom. The van der Waals surface area contributed by atoms with Crippen LogP contribution < -0.4 is 11.1 Å². The van der Waals surface area contributed by atoms with E-state index in [0.717, 1.165) is 17.5 Å². The number of benzene rings is 1. The molecule has 0 aliphatic carbocycles. The lowest BCUT2D eigenvalue weighted by Gasteiger charge is -2.22. The molecule has 21 heavy (non-hydrogen) atoms. The van der Waals surface area contributed by atoms with Crippen LogP contribution in [0.15, 0.2) is 29.4 Å². The van der Waals surface area contributed by atoms with Crippen LogP contribution in [-0.2, 0) is 6.42 Å². The number of rotatable bonds is 6. The molecule has 7 heteroatoms. The van der Waals surface area contributed by atoms with Gasteiger partial charge in [0.25, 0.3) is 0 Å². The lowest BCUT2D eigenvalue weighted by atomic mass is 10.0. The van der Waals surface area contributed by atoms with Crippen molar-refractivity contribution in [2.75, 3.05) is 6.54 Å². The van der Waals surface area contributed by atoms with Crippen LogP contribution in [0.4, 0.5) is 13.2 Å². The molecule has 0 bridgehead atoms. The number of nitrogens with zero attached hydrogens (tertiary/aromatic N) is 1. The first-order valence-electron chi connectivity index (χ1n) is 6.66.